The topological polar surface area (TPSA) is 56.7 Å². The third-order valence-corrected chi connectivity index (χ3v) is 4.96. The zero-order chi connectivity index (χ0) is 13.0. The van der Waals surface area contributed by atoms with Crippen molar-refractivity contribution in [3.63, 3.8) is 0 Å². The van der Waals surface area contributed by atoms with Crippen LogP contribution in [0.4, 0.5) is 0 Å². The Balaban J connectivity index is 1.82. The Kier molecular flexibility index (Phi) is 5.05. The number of nitrogens with zero attached hydrogens (tertiary/aromatic N) is 3. The molecule has 0 atom stereocenters. The molecular formula is C10H10Cl2N4S2. The molecule has 0 aliphatic rings. The van der Waals surface area contributed by atoms with Gasteiger partial charge in [-0.05, 0) is 18.2 Å². The minimum Gasteiger partial charge on any atom is -0.336 e. The highest BCUT2D eigenvalue weighted by Crippen LogP contribution is 2.30. The van der Waals surface area contributed by atoms with E-state index in [4.69, 9.17) is 29.0 Å². The van der Waals surface area contributed by atoms with Gasteiger partial charge < -0.3 is 5.84 Å². The number of rotatable bonds is 5. The molecule has 8 heteroatoms. The lowest BCUT2D eigenvalue weighted by atomic mass is 10.4. The molecule has 0 aliphatic carbocycles. The Morgan fingerprint density at radius 2 is 2.00 bits per heavy atom. The fraction of sp³-hybridized carbons (Fsp3) is 0.200. The van der Waals surface area contributed by atoms with E-state index in [1.165, 1.54) is 11.0 Å². The van der Waals surface area contributed by atoms with Crippen LogP contribution in [0.2, 0.25) is 10.0 Å². The lowest BCUT2D eigenvalue weighted by Gasteiger charge is -2.04. The van der Waals surface area contributed by atoms with Crippen molar-refractivity contribution >= 4 is 46.7 Å². The second kappa shape index (κ2) is 6.56. The highest BCUT2D eigenvalue weighted by Gasteiger charge is 2.04. The summed E-state index contributed by atoms with van der Waals surface area (Å²) < 4.78 is 1.40. The van der Waals surface area contributed by atoms with Crippen LogP contribution in [0, 0.1) is 0 Å². The first-order valence-electron chi connectivity index (χ1n) is 5.02. The van der Waals surface area contributed by atoms with Crippen LogP contribution in [0.25, 0.3) is 0 Å². The first kappa shape index (κ1) is 13.9. The Morgan fingerprint density at radius 3 is 2.72 bits per heavy atom. The highest BCUT2D eigenvalue weighted by atomic mass is 35.5. The van der Waals surface area contributed by atoms with Gasteiger partial charge in [-0.15, -0.1) is 22.0 Å². The molecule has 0 fully saturated rings. The van der Waals surface area contributed by atoms with Crippen molar-refractivity contribution in [1.82, 2.24) is 14.9 Å². The third-order valence-electron chi connectivity index (χ3n) is 2.01. The molecule has 18 heavy (non-hydrogen) atoms. The lowest BCUT2D eigenvalue weighted by Crippen LogP contribution is -2.08. The summed E-state index contributed by atoms with van der Waals surface area (Å²) in [5.41, 5.74) is 0. The van der Waals surface area contributed by atoms with E-state index in [-0.39, 0.29) is 0 Å². The molecule has 0 bridgehead atoms. The summed E-state index contributed by atoms with van der Waals surface area (Å²) >= 11 is 15.2. The van der Waals surface area contributed by atoms with Crippen LogP contribution in [-0.2, 0) is 0 Å². The average Bonchev–Trinajstić information content (AvgIpc) is 2.75. The lowest BCUT2D eigenvalue weighted by molar-refractivity contribution is 0.847. The number of hydrogen-bond donors (Lipinski definition) is 1. The van der Waals surface area contributed by atoms with Crippen molar-refractivity contribution in [3.05, 3.63) is 34.6 Å². The molecule has 1 heterocycles. The Hall–Kier alpha value is -0.560. The minimum absolute atomic E-state index is 0.691. The third kappa shape index (κ3) is 3.71. The molecule has 2 N–H and O–H groups in total. The quantitative estimate of drug-likeness (QED) is 0.521. The molecule has 0 spiro atoms. The number of benzene rings is 1. The average molecular weight is 321 g/mol. The van der Waals surface area contributed by atoms with E-state index in [1.54, 1.807) is 35.7 Å². The molecule has 96 valence electrons. The van der Waals surface area contributed by atoms with E-state index < -0.39 is 0 Å². The van der Waals surface area contributed by atoms with E-state index in [0.717, 1.165) is 21.4 Å². The van der Waals surface area contributed by atoms with E-state index >= 15 is 0 Å². The summed E-state index contributed by atoms with van der Waals surface area (Å²) in [6, 6.07) is 5.44. The summed E-state index contributed by atoms with van der Waals surface area (Å²) in [6.07, 6.45) is 1.48. The molecule has 0 saturated heterocycles. The van der Waals surface area contributed by atoms with E-state index in [9.17, 15) is 0 Å². The van der Waals surface area contributed by atoms with E-state index in [0.29, 0.717) is 10.2 Å². The van der Waals surface area contributed by atoms with Crippen molar-refractivity contribution in [3.8, 4) is 0 Å². The number of thioether (sulfide) groups is 2. The molecule has 0 amide bonds. The van der Waals surface area contributed by atoms with Crippen molar-refractivity contribution < 1.29 is 0 Å². The monoisotopic (exact) mass is 320 g/mol. The van der Waals surface area contributed by atoms with Crippen LogP contribution in [0.5, 0.6) is 0 Å². The van der Waals surface area contributed by atoms with E-state index in [1.807, 2.05) is 6.07 Å². The molecule has 2 aromatic rings. The van der Waals surface area contributed by atoms with Crippen LogP contribution in [0.15, 0.2) is 34.6 Å². The minimum atomic E-state index is 0.691. The van der Waals surface area contributed by atoms with Crippen molar-refractivity contribution in [2.75, 3.05) is 17.3 Å². The zero-order valence-corrected chi connectivity index (χ0v) is 12.4. The fourth-order valence-electron chi connectivity index (χ4n) is 1.21. The molecule has 1 aromatic carbocycles. The van der Waals surface area contributed by atoms with Gasteiger partial charge in [-0.1, -0.05) is 35.0 Å². The number of nitrogens with two attached hydrogens (primary N) is 1. The van der Waals surface area contributed by atoms with Gasteiger partial charge in [0.25, 0.3) is 0 Å². The molecule has 0 radical (unpaired) electrons. The maximum atomic E-state index is 6.07. The van der Waals surface area contributed by atoms with Gasteiger partial charge in [0, 0.05) is 21.4 Å². The largest absolute Gasteiger partial charge is 0.336 e. The van der Waals surface area contributed by atoms with Gasteiger partial charge in [0.05, 0.1) is 5.02 Å². The first-order valence-corrected chi connectivity index (χ1v) is 7.75. The molecule has 0 aliphatic heterocycles. The fourth-order valence-corrected chi connectivity index (χ4v) is 3.51. The summed E-state index contributed by atoms with van der Waals surface area (Å²) in [4.78, 5) is 0.985. The molecule has 1 aromatic heterocycles. The van der Waals surface area contributed by atoms with Crippen molar-refractivity contribution in [1.29, 1.82) is 0 Å². The summed E-state index contributed by atoms with van der Waals surface area (Å²) in [7, 11) is 0. The molecule has 0 unspecified atom stereocenters. The van der Waals surface area contributed by atoms with Crippen molar-refractivity contribution in [2.45, 2.75) is 10.1 Å². The summed E-state index contributed by atoms with van der Waals surface area (Å²) in [6.45, 7) is 0. The summed E-state index contributed by atoms with van der Waals surface area (Å²) in [5, 5.41) is 9.70. The summed E-state index contributed by atoms with van der Waals surface area (Å²) in [5.74, 6) is 7.35. The molecular weight excluding hydrogens is 311 g/mol. The van der Waals surface area contributed by atoms with Gasteiger partial charge in [0.1, 0.15) is 6.33 Å². The van der Waals surface area contributed by atoms with Crippen LogP contribution in [0.1, 0.15) is 0 Å². The highest BCUT2D eigenvalue weighted by molar-refractivity contribution is 8.02. The van der Waals surface area contributed by atoms with Gasteiger partial charge >= 0.3 is 0 Å². The molecule has 4 nitrogen and oxygen atoms in total. The Morgan fingerprint density at radius 1 is 1.22 bits per heavy atom. The second-order valence-electron chi connectivity index (χ2n) is 3.29. The molecule has 0 saturated carbocycles. The normalized spacial score (nSPS) is 10.8. The Labute approximate surface area is 123 Å². The number of halogens is 2. The number of hydrogen-bond acceptors (Lipinski definition) is 5. The molecule has 2 rings (SSSR count). The smallest absolute Gasteiger partial charge is 0.209 e. The predicted octanol–water partition coefficient (Wildman–Crippen LogP) is 3.18. The van der Waals surface area contributed by atoms with Gasteiger partial charge in [0.15, 0.2) is 0 Å². The zero-order valence-electron chi connectivity index (χ0n) is 9.22. The first-order chi connectivity index (χ1) is 8.66. The Bertz CT molecular complexity index is 532. The van der Waals surface area contributed by atoms with Crippen molar-refractivity contribution in [2.24, 2.45) is 0 Å². The standard InChI is InChI=1S/C10H10Cl2N4S2/c11-7-1-2-8(12)9(5-7)17-3-4-18-10-15-14-6-16(10)13/h1-2,5-6H,3-4,13H2. The number of nitrogen functional groups attached to an aromatic ring is 1. The van der Waals surface area contributed by atoms with E-state index in [2.05, 4.69) is 10.2 Å². The van der Waals surface area contributed by atoms with Gasteiger partial charge in [0.2, 0.25) is 5.16 Å². The van der Waals surface area contributed by atoms with Gasteiger partial charge in [-0.2, -0.15) is 0 Å². The second-order valence-corrected chi connectivity index (χ2v) is 6.33. The van der Waals surface area contributed by atoms with Crippen LogP contribution < -0.4 is 5.84 Å². The maximum Gasteiger partial charge on any atom is 0.209 e. The van der Waals surface area contributed by atoms with Crippen LogP contribution in [0.3, 0.4) is 0 Å². The maximum absolute atomic E-state index is 6.07. The van der Waals surface area contributed by atoms with Gasteiger partial charge in [-0.3, -0.25) is 0 Å². The SMILES string of the molecule is Nn1cnnc1SCCSc1cc(Cl)ccc1Cl. The predicted molar refractivity (Wildman–Crippen MR) is 78.1 cm³/mol. The van der Waals surface area contributed by atoms with Crippen LogP contribution in [-0.4, -0.2) is 26.4 Å². The van der Waals surface area contributed by atoms with Crippen LogP contribution >= 0.6 is 46.7 Å². The van der Waals surface area contributed by atoms with Gasteiger partial charge in [-0.25, -0.2) is 4.68 Å². The number of aromatic nitrogens is 3.